The van der Waals surface area contributed by atoms with E-state index in [-0.39, 0.29) is 12.0 Å². The summed E-state index contributed by atoms with van der Waals surface area (Å²) in [5, 5.41) is 2.86. The number of carbonyl (C=O) groups is 1. The molecule has 0 aliphatic carbocycles. The van der Waals surface area contributed by atoms with E-state index >= 15 is 0 Å². The summed E-state index contributed by atoms with van der Waals surface area (Å²) in [5.74, 6) is 1.23. The van der Waals surface area contributed by atoms with Gasteiger partial charge in [0.15, 0.2) is 11.5 Å². The molecule has 1 aliphatic rings. The van der Waals surface area contributed by atoms with E-state index in [9.17, 15) is 4.79 Å². The van der Waals surface area contributed by atoms with Crippen LogP contribution in [0.4, 0.5) is 0 Å². The molecule has 1 heterocycles. The van der Waals surface area contributed by atoms with Gasteiger partial charge in [0.05, 0.1) is 33.0 Å². The molecule has 0 unspecified atom stereocenters. The lowest BCUT2D eigenvalue weighted by Gasteiger charge is -2.15. The zero-order chi connectivity index (χ0) is 15.2. The van der Waals surface area contributed by atoms with Crippen LogP contribution >= 0.6 is 0 Å². The standard InChI is InChI=1S/C15H21NO5/c1-18-12-8-14(20-3)13(19-2)7-11(12)15(17)16-9-10-5-4-6-21-10/h7-8,10H,4-6,9H2,1-3H3,(H,16,17)/t10-/m0/s1. The van der Waals surface area contributed by atoms with Crippen molar-refractivity contribution in [1.82, 2.24) is 5.32 Å². The van der Waals surface area contributed by atoms with E-state index in [0.29, 0.717) is 29.4 Å². The number of benzene rings is 1. The molecule has 1 saturated heterocycles. The first-order valence-corrected chi connectivity index (χ1v) is 6.89. The first-order valence-electron chi connectivity index (χ1n) is 6.89. The lowest BCUT2D eigenvalue weighted by molar-refractivity contribution is 0.0855. The molecule has 1 atom stereocenters. The summed E-state index contributed by atoms with van der Waals surface area (Å²) in [6, 6.07) is 3.25. The van der Waals surface area contributed by atoms with Crippen LogP contribution in [0.5, 0.6) is 17.2 Å². The largest absolute Gasteiger partial charge is 0.496 e. The van der Waals surface area contributed by atoms with Crippen LogP contribution in [0, 0.1) is 0 Å². The second-order valence-electron chi connectivity index (χ2n) is 4.75. The third kappa shape index (κ3) is 3.58. The molecule has 1 aromatic carbocycles. The quantitative estimate of drug-likeness (QED) is 0.864. The van der Waals surface area contributed by atoms with Crippen molar-refractivity contribution in [1.29, 1.82) is 0 Å². The van der Waals surface area contributed by atoms with E-state index in [1.165, 1.54) is 21.3 Å². The molecule has 6 nitrogen and oxygen atoms in total. The molecular weight excluding hydrogens is 274 g/mol. The topological polar surface area (TPSA) is 66.0 Å². The maximum atomic E-state index is 12.3. The van der Waals surface area contributed by atoms with Gasteiger partial charge in [-0.05, 0) is 12.8 Å². The summed E-state index contributed by atoms with van der Waals surface area (Å²) in [7, 11) is 4.57. The van der Waals surface area contributed by atoms with Gasteiger partial charge < -0.3 is 24.3 Å². The SMILES string of the molecule is COc1cc(OC)c(C(=O)NC[C@@H]2CCCO2)cc1OC. The Morgan fingerprint density at radius 1 is 1.19 bits per heavy atom. The average Bonchev–Trinajstić information content (AvgIpc) is 3.04. The van der Waals surface area contributed by atoms with Gasteiger partial charge in [0.2, 0.25) is 0 Å². The third-order valence-corrected chi connectivity index (χ3v) is 3.46. The molecule has 0 radical (unpaired) electrons. The summed E-state index contributed by atoms with van der Waals surface area (Å²) in [5.41, 5.74) is 0.410. The summed E-state index contributed by atoms with van der Waals surface area (Å²) in [6.45, 7) is 1.26. The Kier molecular flexibility index (Phi) is 5.27. The van der Waals surface area contributed by atoms with E-state index in [2.05, 4.69) is 5.32 Å². The zero-order valence-electron chi connectivity index (χ0n) is 12.6. The van der Waals surface area contributed by atoms with Crippen molar-refractivity contribution >= 4 is 5.91 Å². The lowest BCUT2D eigenvalue weighted by Crippen LogP contribution is -2.32. The fourth-order valence-corrected chi connectivity index (χ4v) is 2.31. The molecule has 0 saturated carbocycles. The highest BCUT2D eigenvalue weighted by Crippen LogP contribution is 2.34. The molecule has 1 fully saturated rings. The molecule has 21 heavy (non-hydrogen) atoms. The van der Waals surface area contributed by atoms with Gasteiger partial charge in [-0.25, -0.2) is 0 Å². The minimum absolute atomic E-state index is 0.0973. The molecule has 1 amide bonds. The van der Waals surface area contributed by atoms with E-state index < -0.39 is 0 Å². The van der Waals surface area contributed by atoms with Gasteiger partial charge in [-0.1, -0.05) is 0 Å². The highest BCUT2D eigenvalue weighted by Gasteiger charge is 2.20. The molecule has 0 aromatic heterocycles. The predicted octanol–water partition coefficient (Wildman–Crippen LogP) is 1.62. The van der Waals surface area contributed by atoms with Crippen molar-refractivity contribution in [2.24, 2.45) is 0 Å². The molecule has 0 bridgehead atoms. The number of amides is 1. The third-order valence-electron chi connectivity index (χ3n) is 3.46. The highest BCUT2D eigenvalue weighted by molar-refractivity contribution is 5.97. The van der Waals surface area contributed by atoms with E-state index in [1.807, 2.05) is 0 Å². The van der Waals surface area contributed by atoms with Gasteiger partial charge >= 0.3 is 0 Å². The molecule has 116 valence electrons. The van der Waals surface area contributed by atoms with Crippen LogP contribution < -0.4 is 19.5 Å². The summed E-state index contributed by atoms with van der Waals surface area (Å²) < 4.78 is 21.2. The first-order chi connectivity index (χ1) is 10.2. The van der Waals surface area contributed by atoms with E-state index in [1.54, 1.807) is 12.1 Å². The Bertz CT molecular complexity index is 497. The summed E-state index contributed by atoms with van der Waals surface area (Å²) in [6.07, 6.45) is 2.11. The van der Waals surface area contributed by atoms with Crippen LogP contribution in [0.2, 0.25) is 0 Å². The number of nitrogens with one attached hydrogen (secondary N) is 1. The van der Waals surface area contributed by atoms with Gasteiger partial charge in [-0.2, -0.15) is 0 Å². The molecule has 1 aliphatic heterocycles. The molecule has 1 N–H and O–H groups in total. The van der Waals surface area contributed by atoms with Crippen molar-refractivity contribution in [2.75, 3.05) is 34.5 Å². The number of hydrogen-bond acceptors (Lipinski definition) is 5. The fraction of sp³-hybridized carbons (Fsp3) is 0.533. The van der Waals surface area contributed by atoms with Gasteiger partial charge in [-0.15, -0.1) is 0 Å². The molecule has 0 spiro atoms. The minimum Gasteiger partial charge on any atom is -0.496 e. The van der Waals surface area contributed by atoms with Crippen LogP contribution in [0.3, 0.4) is 0 Å². The van der Waals surface area contributed by atoms with Crippen LogP contribution in [0.25, 0.3) is 0 Å². The number of hydrogen-bond donors (Lipinski definition) is 1. The normalized spacial score (nSPS) is 17.4. The van der Waals surface area contributed by atoms with Gasteiger partial charge in [-0.3, -0.25) is 4.79 Å². The molecule has 1 aromatic rings. The van der Waals surface area contributed by atoms with Crippen LogP contribution in [0.15, 0.2) is 12.1 Å². The van der Waals surface area contributed by atoms with Crippen molar-refractivity contribution < 1.29 is 23.7 Å². The lowest BCUT2D eigenvalue weighted by atomic mass is 10.1. The van der Waals surface area contributed by atoms with Crippen LogP contribution in [0.1, 0.15) is 23.2 Å². The second kappa shape index (κ2) is 7.17. The van der Waals surface area contributed by atoms with E-state index in [4.69, 9.17) is 18.9 Å². The minimum atomic E-state index is -0.219. The number of rotatable bonds is 6. The number of methoxy groups -OCH3 is 3. The molecule has 2 rings (SSSR count). The Morgan fingerprint density at radius 2 is 1.86 bits per heavy atom. The van der Waals surface area contributed by atoms with Crippen molar-refractivity contribution in [2.45, 2.75) is 18.9 Å². The highest BCUT2D eigenvalue weighted by atomic mass is 16.5. The average molecular weight is 295 g/mol. The van der Waals surface area contributed by atoms with Gasteiger partial charge in [0, 0.05) is 25.3 Å². The van der Waals surface area contributed by atoms with E-state index in [0.717, 1.165) is 19.4 Å². The predicted molar refractivity (Wildman–Crippen MR) is 77.4 cm³/mol. The maximum absolute atomic E-state index is 12.3. The smallest absolute Gasteiger partial charge is 0.255 e. The van der Waals surface area contributed by atoms with Crippen molar-refractivity contribution in [3.05, 3.63) is 17.7 Å². The van der Waals surface area contributed by atoms with Crippen molar-refractivity contribution in [3.8, 4) is 17.2 Å². The monoisotopic (exact) mass is 295 g/mol. The number of ether oxygens (including phenoxy) is 4. The van der Waals surface area contributed by atoms with Crippen LogP contribution in [-0.4, -0.2) is 46.5 Å². The fourth-order valence-electron chi connectivity index (χ4n) is 2.31. The Morgan fingerprint density at radius 3 is 2.43 bits per heavy atom. The summed E-state index contributed by atoms with van der Waals surface area (Å²) >= 11 is 0. The molecule has 6 heteroatoms. The maximum Gasteiger partial charge on any atom is 0.255 e. The molecular formula is C15H21NO5. The Balaban J connectivity index is 2.14. The van der Waals surface area contributed by atoms with Gasteiger partial charge in [0.1, 0.15) is 5.75 Å². The van der Waals surface area contributed by atoms with Crippen molar-refractivity contribution in [3.63, 3.8) is 0 Å². The second-order valence-corrected chi connectivity index (χ2v) is 4.75. The Hall–Kier alpha value is -1.95. The number of carbonyl (C=O) groups excluding carboxylic acids is 1. The Labute approximate surface area is 124 Å². The summed E-state index contributed by atoms with van der Waals surface area (Å²) in [4.78, 5) is 12.3. The van der Waals surface area contributed by atoms with Gasteiger partial charge in [0.25, 0.3) is 5.91 Å². The van der Waals surface area contributed by atoms with Crippen LogP contribution in [-0.2, 0) is 4.74 Å². The zero-order valence-corrected chi connectivity index (χ0v) is 12.6. The first kappa shape index (κ1) is 15.4.